The third kappa shape index (κ3) is 7.75. The van der Waals surface area contributed by atoms with Crippen LogP contribution in [0.1, 0.15) is 45.5 Å². The Kier molecular flexibility index (Phi) is 9.23. The van der Waals surface area contributed by atoms with Gasteiger partial charge < -0.3 is 5.32 Å². The minimum Gasteiger partial charge on any atom is -0.351 e. The average Bonchev–Trinajstić information content (AvgIpc) is 2.87. The summed E-state index contributed by atoms with van der Waals surface area (Å²) in [5.74, 6) is 2.70. The van der Waals surface area contributed by atoms with E-state index in [1.807, 2.05) is 23.9 Å². The van der Waals surface area contributed by atoms with Crippen molar-refractivity contribution in [1.82, 2.24) is 10.2 Å². The molecule has 1 saturated heterocycles. The van der Waals surface area contributed by atoms with E-state index < -0.39 is 0 Å². The summed E-state index contributed by atoms with van der Waals surface area (Å²) in [6, 6.07) is 27.7. The molecular weight excluding hydrogens is 436 g/mol. The van der Waals surface area contributed by atoms with Crippen LogP contribution in [0, 0.1) is 12.8 Å². The maximum absolute atomic E-state index is 12.5. The predicted molar refractivity (Wildman–Crippen MR) is 144 cm³/mol. The van der Waals surface area contributed by atoms with Crippen LogP contribution in [0.3, 0.4) is 0 Å². The summed E-state index contributed by atoms with van der Waals surface area (Å²) in [6.45, 7) is 6.07. The van der Waals surface area contributed by atoms with Crippen molar-refractivity contribution >= 4 is 17.7 Å². The van der Waals surface area contributed by atoms with Gasteiger partial charge >= 0.3 is 0 Å². The molecule has 1 aliphatic rings. The molecule has 0 unspecified atom stereocenters. The minimum absolute atomic E-state index is 0.0178. The van der Waals surface area contributed by atoms with E-state index >= 15 is 0 Å². The maximum Gasteiger partial charge on any atom is 0.251 e. The standard InChI is InChI=1S/C30H36N2OS/c1-24-7-9-28(10-8-24)23-34-20-17-31-30(33)29-13-11-27(12-14-29)22-32-18-15-26(16-19-32)21-25-5-3-2-4-6-25/h2-14,26H,15-23H2,1H3,(H,31,33). The highest BCUT2D eigenvalue weighted by Gasteiger charge is 2.19. The smallest absolute Gasteiger partial charge is 0.251 e. The number of thioether (sulfide) groups is 1. The van der Waals surface area contributed by atoms with Crippen molar-refractivity contribution in [2.24, 2.45) is 5.92 Å². The van der Waals surface area contributed by atoms with E-state index in [0.717, 1.165) is 42.6 Å². The second-order valence-electron chi connectivity index (χ2n) is 9.40. The quantitative estimate of drug-likeness (QED) is 0.361. The van der Waals surface area contributed by atoms with Gasteiger partial charge in [-0.15, -0.1) is 0 Å². The van der Waals surface area contributed by atoms with E-state index in [2.05, 4.69) is 83.9 Å². The zero-order valence-corrected chi connectivity index (χ0v) is 21.0. The number of carbonyl (C=O) groups excluding carboxylic acids is 1. The van der Waals surface area contributed by atoms with Crippen LogP contribution in [0.25, 0.3) is 0 Å². The molecule has 3 aromatic carbocycles. The zero-order valence-electron chi connectivity index (χ0n) is 20.2. The molecule has 4 heteroatoms. The minimum atomic E-state index is 0.0178. The summed E-state index contributed by atoms with van der Waals surface area (Å²) in [7, 11) is 0. The summed E-state index contributed by atoms with van der Waals surface area (Å²) in [5, 5.41) is 3.05. The largest absolute Gasteiger partial charge is 0.351 e. The first-order chi connectivity index (χ1) is 16.7. The average molecular weight is 473 g/mol. The Labute approximate surface area is 209 Å². The van der Waals surface area contributed by atoms with Crippen molar-refractivity contribution in [2.75, 3.05) is 25.4 Å². The Balaban J connectivity index is 1.13. The van der Waals surface area contributed by atoms with Crippen LogP contribution < -0.4 is 5.32 Å². The molecule has 0 atom stereocenters. The molecule has 34 heavy (non-hydrogen) atoms. The monoisotopic (exact) mass is 472 g/mol. The van der Waals surface area contributed by atoms with Crippen molar-refractivity contribution in [3.8, 4) is 0 Å². The van der Waals surface area contributed by atoms with Crippen molar-refractivity contribution in [1.29, 1.82) is 0 Å². The predicted octanol–water partition coefficient (Wildman–Crippen LogP) is 6.11. The lowest BCUT2D eigenvalue weighted by molar-refractivity contribution is 0.0956. The number of benzene rings is 3. The lowest BCUT2D eigenvalue weighted by Gasteiger charge is -2.32. The Morgan fingerprint density at radius 2 is 1.56 bits per heavy atom. The number of carbonyl (C=O) groups is 1. The van der Waals surface area contributed by atoms with Gasteiger partial charge in [0.1, 0.15) is 0 Å². The molecule has 0 aromatic heterocycles. The van der Waals surface area contributed by atoms with Crippen LogP contribution in [0.15, 0.2) is 78.9 Å². The molecule has 1 aliphatic heterocycles. The van der Waals surface area contributed by atoms with Crippen LogP contribution in [0.5, 0.6) is 0 Å². The van der Waals surface area contributed by atoms with Gasteiger partial charge in [-0.05, 0) is 74.0 Å². The first kappa shape index (κ1) is 24.6. The number of hydrogen-bond acceptors (Lipinski definition) is 3. The molecule has 0 spiro atoms. The van der Waals surface area contributed by atoms with E-state index in [-0.39, 0.29) is 5.91 Å². The van der Waals surface area contributed by atoms with E-state index in [4.69, 9.17) is 0 Å². The number of hydrogen-bond donors (Lipinski definition) is 1. The van der Waals surface area contributed by atoms with E-state index in [1.165, 1.54) is 41.5 Å². The summed E-state index contributed by atoms with van der Waals surface area (Å²) >= 11 is 1.85. The number of amides is 1. The summed E-state index contributed by atoms with van der Waals surface area (Å²) < 4.78 is 0. The first-order valence-corrected chi connectivity index (χ1v) is 13.6. The van der Waals surface area contributed by atoms with Gasteiger partial charge in [0.2, 0.25) is 0 Å². The van der Waals surface area contributed by atoms with Crippen LogP contribution in [0.4, 0.5) is 0 Å². The summed E-state index contributed by atoms with van der Waals surface area (Å²) in [5.41, 5.74) is 6.11. The van der Waals surface area contributed by atoms with Gasteiger partial charge in [-0.2, -0.15) is 11.8 Å². The number of likely N-dealkylation sites (tertiary alicyclic amines) is 1. The molecule has 1 heterocycles. The SMILES string of the molecule is Cc1ccc(CSCCNC(=O)c2ccc(CN3CCC(Cc4ccccc4)CC3)cc2)cc1. The van der Waals surface area contributed by atoms with Crippen LogP contribution >= 0.6 is 11.8 Å². The lowest BCUT2D eigenvalue weighted by Crippen LogP contribution is -2.33. The topological polar surface area (TPSA) is 32.3 Å². The molecule has 4 rings (SSSR count). The van der Waals surface area contributed by atoms with E-state index in [9.17, 15) is 4.79 Å². The van der Waals surface area contributed by atoms with Crippen molar-refractivity contribution in [3.63, 3.8) is 0 Å². The fourth-order valence-electron chi connectivity index (χ4n) is 4.53. The Hall–Kier alpha value is -2.56. The fraction of sp³-hybridized carbons (Fsp3) is 0.367. The molecule has 178 valence electrons. The molecule has 1 N–H and O–H groups in total. The molecule has 3 aromatic rings. The number of nitrogens with one attached hydrogen (secondary N) is 1. The Bertz CT molecular complexity index is 1010. The van der Waals surface area contributed by atoms with Crippen molar-refractivity contribution in [3.05, 3.63) is 107 Å². The second kappa shape index (κ2) is 12.8. The third-order valence-electron chi connectivity index (χ3n) is 6.62. The van der Waals surface area contributed by atoms with Crippen LogP contribution in [-0.4, -0.2) is 36.2 Å². The highest BCUT2D eigenvalue weighted by atomic mass is 32.2. The van der Waals surface area contributed by atoms with Gasteiger partial charge in [0.25, 0.3) is 5.91 Å². The fourth-order valence-corrected chi connectivity index (χ4v) is 5.35. The number of aryl methyl sites for hydroxylation is 1. The van der Waals surface area contributed by atoms with Crippen molar-refractivity contribution < 1.29 is 4.79 Å². The van der Waals surface area contributed by atoms with E-state index in [1.54, 1.807) is 0 Å². The highest BCUT2D eigenvalue weighted by Crippen LogP contribution is 2.23. The van der Waals surface area contributed by atoms with Crippen molar-refractivity contribution in [2.45, 2.75) is 38.5 Å². The molecule has 0 aliphatic carbocycles. The zero-order chi connectivity index (χ0) is 23.6. The molecule has 0 bridgehead atoms. The van der Waals surface area contributed by atoms with Gasteiger partial charge in [0.15, 0.2) is 0 Å². The molecule has 0 saturated carbocycles. The molecular formula is C30H36N2OS. The normalized spacial score (nSPS) is 14.7. The van der Waals surface area contributed by atoms with Crippen LogP contribution in [-0.2, 0) is 18.7 Å². The van der Waals surface area contributed by atoms with Gasteiger partial charge in [-0.3, -0.25) is 9.69 Å². The number of piperidine rings is 1. The maximum atomic E-state index is 12.5. The van der Waals surface area contributed by atoms with Gasteiger partial charge in [0.05, 0.1) is 0 Å². The Morgan fingerprint density at radius 1 is 0.882 bits per heavy atom. The molecule has 0 radical (unpaired) electrons. The summed E-state index contributed by atoms with van der Waals surface area (Å²) in [4.78, 5) is 15.0. The molecule has 1 fully saturated rings. The second-order valence-corrected chi connectivity index (χ2v) is 10.5. The van der Waals surface area contributed by atoms with Gasteiger partial charge in [-0.1, -0.05) is 72.3 Å². The highest BCUT2D eigenvalue weighted by molar-refractivity contribution is 7.98. The molecule has 3 nitrogen and oxygen atoms in total. The lowest BCUT2D eigenvalue weighted by atomic mass is 9.90. The van der Waals surface area contributed by atoms with Gasteiger partial charge in [-0.25, -0.2) is 0 Å². The number of nitrogens with zero attached hydrogens (tertiary/aromatic N) is 1. The summed E-state index contributed by atoms with van der Waals surface area (Å²) in [6.07, 6.45) is 3.72. The number of rotatable bonds is 10. The third-order valence-corrected chi connectivity index (χ3v) is 7.65. The first-order valence-electron chi connectivity index (χ1n) is 12.4. The Morgan fingerprint density at radius 3 is 2.26 bits per heavy atom. The van der Waals surface area contributed by atoms with E-state index in [0.29, 0.717) is 6.54 Å². The van der Waals surface area contributed by atoms with Gasteiger partial charge in [0, 0.05) is 30.2 Å². The molecule has 1 amide bonds. The van der Waals surface area contributed by atoms with Crippen LogP contribution in [0.2, 0.25) is 0 Å².